The van der Waals surface area contributed by atoms with Gasteiger partial charge in [-0.15, -0.1) is 10.2 Å². The Hall–Kier alpha value is -2.28. The topological polar surface area (TPSA) is 63.4 Å². The highest BCUT2D eigenvalue weighted by Gasteiger charge is 2.24. The SMILES string of the molecule is C[C@@H]1CCCCN1C(=O)Cc1ccccc1-c1nn2cnnc2s1. The summed E-state index contributed by atoms with van der Waals surface area (Å²) in [7, 11) is 0. The second kappa shape index (κ2) is 6.32. The van der Waals surface area contributed by atoms with Crippen molar-refractivity contribution in [2.45, 2.75) is 38.6 Å². The fourth-order valence-corrected chi connectivity index (χ4v) is 4.17. The van der Waals surface area contributed by atoms with Crippen LogP contribution in [0.1, 0.15) is 31.7 Å². The normalized spacial score (nSPS) is 18.2. The molecule has 1 amide bonds. The van der Waals surface area contributed by atoms with Crippen LogP contribution in [0, 0.1) is 0 Å². The van der Waals surface area contributed by atoms with Gasteiger partial charge in [-0.1, -0.05) is 35.6 Å². The molecule has 0 N–H and O–H groups in total. The molecule has 0 bridgehead atoms. The Balaban J connectivity index is 1.61. The van der Waals surface area contributed by atoms with Crippen molar-refractivity contribution in [1.29, 1.82) is 0 Å². The number of fused-ring (bicyclic) bond motifs is 1. The van der Waals surface area contributed by atoms with Gasteiger partial charge in [0.25, 0.3) is 0 Å². The molecular formula is C17H19N5OS. The number of rotatable bonds is 3. The van der Waals surface area contributed by atoms with Gasteiger partial charge in [0.1, 0.15) is 11.3 Å². The van der Waals surface area contributed by atoms with E-state index in [2.05, 4.69) is 22.2 Å². The van der Waals surface area contributed by atoms with Crippen LogP contribution in [0.5, 0.6) is 0 Å². The molecule has 4 rings (SSSR count). The zero-order valence-electron chi connectivity index (χ0n) is 13.6. The van der Waals surface area contributed by atoms with Crippen LogP contribution in [-0.4, -0.2) is 43.2 Å². The molecule has 6 nitrogen and oxygen atoms in total. The van der Waals surface area contributed by atoms with Crippen LogP contribution >= 0.6 is 11.3 Å². The number of likely N-dealkylation sites (tertiary alicyclic amines) is 1. The molecular weight excluding hydrogens is 322 g/mol. The van der Waals surface area contributed by atoms with E-state index in [0.29, 0.717) is 12.5 Å². The molecule has 7 heteroatoms. The lowest BCUT2D eigenvalue weighted by Crippen LogP contribution is -2.42. The molecule has 1 fully saturated rings. The van der Waals surface area contributed by atoms with Gasteiger partial charge in [0.2, 0.25) is 10.9 Å². The smallest absolute Gasteiger partial charge is 0.234 e. The van der Waals surface area contributed by atoms with Crippen molar-refractivity contribution in [3.8, 4) is 10.6 Å². The molecule has 0 saturated carbocycles. The predicted octanol–water partition coefficient (Wildman–Crippen LogP) is 2.80. The summed E-state index contributed by atoms with van der Waals surface area (Å²) in [4.78, 5) is 15.6. The summed E-state index contributed by atoms with van der Waals surface area (Å²) < 4.78 is 1.67. The monoisotopic (exact) mass is 341 g/mol. The van der Waals surface area contributed by atoms with Crippen LogP contribution in [-0.2, 0) is 11.2 Å². The van der Waals surface area contributed by atoms with Crippen LogP contribution in [0.25, 0.3) is 15.5 Å². The number of carbonyl (C=O) groups excluding carboxylic acids is 1. The standard InChI is InChI=1S/C17H19N5OS/c1-12-6-4-5-9-21(12)15(23)10-13-7-2-3-8-14(13)16-20-22-11-18-19-17(22)24-16/h2-3,7-8,11-12H,4-6,9-10H2,1H3/t12-/m1/s1. The molecule has 24 heavy (non-hydrogen) atoms. The van der Waals surface area contributed by atoms with E-state index >= 15 is 0 Å². The summed E-state index contributed by atoms with van der Waals surface area (Å²) in [6.07, 6.45) is 5.44. The van der Waals surface area contributed by atoms with Crippen molar-refractivity contribution < 1.29 is 4.79 Å². The Morgan fingerprint density at radius 3 is 3.04 bits per heavy atom. The Kier molecular flexibility index (Phi) is 4.02. The summed E-state index contributed by atoms with van der Waals surface area (Å²) in [5, 5.41) is 13.3. The van der Waals surface area contributed by atoms with E-state index in [1.54, 1.807) is 10.8 Å². The number of benzene rings is 1. The first-order valence-electron chi connectivity index (χ1n) is 8.27. The van der Waals surface area contributed by atoms with Crippen LogP contribution in [0.15, 0.2) is 30.6 Å². The lowest BCUT2D eigenvalue weighted by atomic mass is 10.0. The van der Waals surface area contributed by atoms with Crippen molar-refractivity contribution in [2.75, 3.05) is 6.54 Å². The van der Waals surface area contributed by atoms with Crippen molar-refractivity contribution in [2.24, 2.45) is 0 Å². The first-order chi connectivity index (χ1) is 11.7. The third-order valence-corrected chi connectivity index (χ3v) is 5.55. The van der Waals surface area contributed by atoms with Crippen LogP contribution < -0.4 is 0 Å². The molecule has 3 heterocycles. The van der Waals surface area contributed by atoms with Crippen molar-refractivity contribution >= 4 is 22.2 Å². The van der Waals surface area contributed by atoms with Gasteiger partial charge in [-0.05, 0) is 31.7 Å². The molecule has 1 aliphatic rings. The summed E-state index contributed by atoms with van der Waals surface area (Å²) in [6.45, 7) is 3.02. The molecule has 0 spiro atoms. The molecule has 124 valence electrons. The van der Waals surface area contributed by atoms with Crippen LogP contribution in [0.3, 0.4) is 0 Å². The third kappa shape index (κ3) is 2.80. The van der Waals surface area contributed by atoms with E-state index in [-0.39, 0.29) is 5.91 Å². The highest BCUT2D eigenvalue weighted by atomic mass is 32.1. The van der Waals surface area contributed by atoms with Gasteiger partial charge < -0.3 is 4.90 Å². The van der Waals surface area contributed by atoms with E-state index in [1.165, 1.54) is 17.8 Å². The summed E-state index contributed by atoms with van der Waals surface area (Å²) in [5.74, 6) is 0.206. The molecule has 3 aromatic rings. The molecule has 1 atom stereocenters. The molecule has 0 unspecified atom stereocenters. The lowest BCUT2D eigenvalue weighted by Gasteiger charge is -2.33. The van der Waals surface area contributed by atoms with Crippen LogP contribution in [0.4, 0.5) is 0 Å². The van der Waals surface area contributed by atoms with E-state index in [0.717, 1.165) is 40.5 Å². The molecule has 2 aromatic heterocycles. The summed E-state index contributed by atoms with van der Waals surface area (Å²) >= 11 is 1.49. The molecule has 0 aliphatic carbocycles. The maximum atomic E-state index is 12.8. The van der Waals surface area contributed by atoms with E-state index < -0.39 is 0 Å². The van der Waals surface area contributed by atoms with Gasteiger partial charge in [-0.3, -0.25) is 4.79 Å². The number of aromatic nitrogens is 4. The van der Waals surface area contributed by atoms with Gasteiger partial charge in [0, 0.05) is 18.2 Å². The highest BCUT2D eigenvalue weighted by Crippen LogP contribution is 2.29. The van der Waals surface area contributed by atoms with Crippen molar-refractivity contribution in [3.05, 3.63) is 36.2 Å². The Labute approximate surface area is 144 Å². The average Bonchev–Trinajstić information content (AvgIpc) is 3.17. The zero-order chi connectivity index (χ0) is 16.5. The lowest BCUT2D eigenvalue weighted by molar-refractivity contribution is -0.133. The van der Waals surface area contributed by atoms with Gasteiger partial charge in [0.05, 0.1) is 6.42 Å². The number of hydrogen-bond acceptors (Lipinski definition) is 5. The first kappa shape index (κ1) is 15.3. The second-order valence-electron chi connectivity index (χ2n) is 6.23. The molecule has 0 radical (unpaired) electrons. The van der Waals surface area contributed by atoms with Gasteiger partial charge >= 0.3 is 0 Å². The largest absolute Gasteiger partial charge is 0.340 e. The highest BCUT2D eigenvalue weighted by molar-refractivity contribution is 7.19. The molecule has 1 saturated heterocycles. The maximum Gasteiger partial charge on any atom is 0.234 e. The molecule has 1 aliphatic heterocycles. The fraction of sp³-hybridized carbons (Fsp3) is 0.412. The van der Waals surface area contributed by atoms with Gasteiger partial charge in [0.15, 0.2) is 0 Å². The average molecular weight is 341 g/mol. The maximum absolute atomic E-state index is 12.8. The van der Waals surface area contributed by atoms with E-state index in [1.807, 2.05) is 29.2 Å². The van der Waals surface area contributed by atoms with Gasteiger partial charge in [-0.25, -0.2) is 0 Å². The number of carbonyl (C=O) groups is 1. The number of amides is 1. The van der Waals surface area contributed by atoms with Crippen molar-refractivity contribution in [1.82, 2.24) is 24.7 Å². The Bertz CT molecular complexity index is 842. The second-order valence-corrected chi connectivity index (χ2v) is 7.19. The Morgan fingerprint density at radius 2 is 2.21 bits per heavy atom. The summed E-state index contributed by atoms with van der Waals surface area (Å²) in [5.41, 5.74) is 2.02. The van der Waals surface area contributed by atoms with E-state index in [9.17, 15) is 4.79 Å². The quantitative estimate of drug-likeness (QED) is 0.735. The predicted molar refractivity (Wildman–Crippen MR) is 92.8 cm³/mol. The third-order valence-electron chi connectivity index (χ3n) is 4.60. The van der Waals surface area contributed by atoms with E-state index in [4.69, 9.17) is 0 Å². The van der Waals surface area contributed by atoms with Crippen molar-refractivity contribution in [3.63, 3.8) is 0 Å². The molecule has 1 aromatic carbocycles. The summed E-state index contributed by atoms with van der Waals surface area (Å²) in [6, 6.07) is 8.34. The van der Waals surface area contributed by atoms with Gasteiger partial charge in [-0.2, -0.15) is 9.61 Å². The fourth-order valence-electron chi connectivity index (χ4n) is 3.28. The minimum atomic E-state index is 0.206. The number of nitrogens with zero attached hydrogens (tertiary/aromatic N) is 5. The minimum Gasteiger partial charge on any atom is -0.340 e. The van der Waals surface area contributed by atoms with Crippen LogP contribution in [0.2, 0.25) is 0 Å². The Morgan fingerprint density at radius 1 is 1.33 bits per heavy atom. The first-order valence-corrected chi connectivity index (χ1v) is 9.08. The zero-order valence-corrected chi connectivity index (χ0v) is 14.4. The minimum absolute atomic E-state index is 0.206. The number of hydrogen-bond donors (Lipinski definition) is 0. The number of piperidine rings is 1.